The summed E-state index contributed by atoms with van der Waals surface area (Å²) in [5, 5.41) is 11.4. The lowest BCUT2D eigenvalue weighted by Gasteiger charge is -2.24. The van der Waals surface area contributed by atoms with Crippen molar-refractivity contribution < 1.29 is 24.2 Å². The summed E-state index contributed by atoms with van der Waals surface area (Å²) in [5.41, 5.74) is 0. The van der Waals surface area contributed by atoms with Gasteiger partial charge in [0.25, 0.3) is 0 Å². The summed E-state index contributed by atoms with van der Waals surface area (Å²) in [7, 11) is 1.71. The third-order valence-corrected chi connectivity index (χ3v) is 3.06. The van der Waals surface area contributed by atoms with E-state index in [1.54, 1.807) is 18.9 Å². The van der Waals surface area contributed by atoms with Crippen molar-refractivity contribution in [3.05, 3.63) is 0 Å². The van der Waals surface area contributed by atoms with Gasteiger partial charge in [0.1, 0.15) is 0 Å². The van der Waals surface area contributed by atoms with Gasteiger partial charge in [0.2, 0.25) is 0 Å². The topological polar surface area (TPSA) is 88.1 Å². The minimum Gasteiger partial charge on any atom is -0.481 e. The number of urea groups is 1. The Balaban J connectivity index is 2.35. The SMILES string of the molecule is CCOC(CNC(=O)N(C)C1CCOC1)CC(=O)O. The van der Waals surface area contributed by atoms with E-state index in [1.807, 2.05) is 0 Å². The van der Waals surface area contributed by atoms with Crippen LogP contribution in [0.5, 0.6) is 0 Å². The quantitative estimate of drug-likeness (QED) is 0.697. The van der Waals surface area contributed by atoms with E-state index in [1.165, 1.54) is 0 Å². The number of likely N-dealkylation sites (N-methyl/N-ethyl adjacent to an activating group) is 1. The Morgan fingerprint density at radius 3 is 2.84 bits per heavy atom. The van der Waals surface area contributed by atoms with E-state index in [-0.39, 0.29) is 25.0 Å². The van der Waals surface area contributed by atoms with Crippen molar-refractivity contribution in [2.45, 2.75) is 31.9 Å². The zero-order chi connectivity index (χ0) is 14.3. The maximum Gasteiger partial charge on any atom is 0.317 e. The molecular weight excluding hydrogens is 252 g/mol. The molecule has 1 fully saturated rings. The van der Waals surface area contributed by atoms with Crippen LogP contribution in [0.4, 0.5) is 4.79 Å². The van der Waals surface area contributed by atoms with Gasteiger partial charge in [-0.2, -0.15) is 0 Å². The Labute approximate surface area is 112 Å². The molecule has 2 N–H and O–H groups in total. The Morgan fingerprint density at radius 2 is 2.32 bits per heavy atom. The Hall–Kier alpha value is -1.34. The summed E-state index contributed by atoms with van der Waals surface area (Å²) >= 11 is 0. The molecule has 2 amide bonds. The first-order chi connectivity index (χ1) is 9.04. The maximum absolute atomic E-state index is 11.9. The van der Waals surface area contributed by atoms with E-state index in [4.69, 9.17) is 14.6 Å². The molecular formula is C12H22N2O5. The molecule has 7 heteroatoms. The van der Waals surface area contributed by atoms with Crippen LogP contribution < -0.4 is 5.32 Å². The normalized spacial score (nSPS) is 20.0. The Kier molecular flexibility index (Phi) is 6.58. The van der Waals surface area contributed by atoms with Gasteiger partial charge in [-0.05, 0) is 13.3 Å². The summed E-state index contributed by atoms with van der Waals surface area (Å²) < 4.78 is 10.5. The van der Waals surface area contributed by atoms with Gasteiger partial charge >= 0.3 is 12.0 Å². The van der Waals surface area contributed by atoms with Gasteiger partial charge in [-0.15, -0.1) is 0 Å². The van der Waals surface area contributed by atoms with Crippen molar-refractivity contribution in [3.8, 4) is 0 Å². The summed E-state index contributed by atoms with van der Waals surface area (Å²) in [6, 6.07) is -0.143. The fourth-order valence-electron chi connectivity index (χ4n) is 1.94. The van der Waals surface area contributed by atoms with Crippen LogP contribution in [0.25, 0.3) is 0 Å². The molecule has 7 nitrogen and oxygen atoms in total. The van der Waals surface area contributed by atoms with Crippen LogP contribution >= 0.6 is 0 Å². The van der Waals surface area contributed by atoms with Crippen LogP contribution in [-0.2, 0) is 14.3 Å². The second-order valence-electron chi connectivity index (χ2n) is 4.49. The van der Waals surface area contributed by atoms with Crippen LogP contribution in [0, 0.1) is 0 Å². The molecule has 0 aromatic heterocycles. The van der Waals surface area contributed by atoms with E-state index in [0.29, 0.717) is 19.8 Å². The molecule has 0 aliphatic carbocycles. The fraction of sp³-hybridized carbons (Fsp3) is 0.833. The first kappa shape index (κ1) is 15.7. The van der Waals surface area contributed by atoms with Gasteiger partial charge in [0.05, 0.1) is 25.2 Å². The lowest BCUT2D eigenvalue weighted by atomic mass is 10.2. The first-order valence-corrected chi connectivity index (χ1v) is 6.46. The van der Waals surface area contributed by atoms with Gasteiger partial charge < -0.3 is 24.8 Å². The monoisotopic (exact) mass is 274 g/mol. The van der Waals surface area contributed by atoms with Crippen molar-refractivity contribution in [3.63, 3.8) is 0 Å². The van der Waals surface area contributed by atoms with Crippen molar-refractivity contribution >= 4 is 12.0 Å². The van der Waals surface area contributed by atoms with E-state index in [2.05, 4.69) is 5.32 Å². The van der Waals surface area contributed by atoms with Crippen molar-refractivity contribution in [1.82, 2.24) is 10.2 Å². The summed E-state index contributed by atoms with van der Waals surface area (Å²) in [6.45, 7) is 3.62. The van der Waals surface area contributed by atoms with E-state index >= 15 is 0 Å². The van der Waals surface area contributed by atoms with E-state index < -0.39 is 12.1 Å². The van der Waals surface area contributed by atoms with Crippen molar-refractivity contribution in [2.24, 2.45) is 0 Å². The second-order valence-corrected chi connectivity index (χ2v) is 4.49. The number of carboxylic acid groups (broad SMARTS) is 1. The molecule has 1 aliphatic rings. The highest BCUT2D eigenvalue weighted by Gasteiger charge is 2.24. The van der Waals surface area contributed by atoms with Gasteiger partial charge in [-0.1, -0.05) is 0 Å². The molecule has 2 atom stereocenters. The number of nitrogens with zero attached hydrogens (tertiary/aromatic N) is 1. The molecule has 0 radical (unpaired) electrons. The molecule has 2 unspecified atom stereocenters. The highest BCUT2D eigenvalue weighted by atomic mass is 16.5. The number of rotatable bonds is 7. The predicted molar refractivity (Wildman–Crippen MR) is 68.1 cm³/mol. The smallest absolute Gasteiger partial charge is 0.317 e. The third kappa shape index (κ3) is 5.44. The number of hydrogen-bond donors (Lipinski definition) is 2. The molecule has 0 aromatic carbocycles. The average Bonchev–Trinajstić information content (AvgIpc) is 2.88. The van der Waals surface area contributed by atoms with Gasteiger partial charge in [-0.3, -0.25) is 4.79 Å². The number of ether oxygens (including phenoxy) is 2. The number of carbonyl (C=O) groups is 2. The van der Waals surface area contributed by atoms with Crippen LogP contribution in [0.1, 0.15) is 19.8 Å². The lowest BCUT2D eigenvalue weighted by molar-refractivity contribution is -0.140. The number of amides is 2. The highest BCUT2D eigenvalue weighted by molar-refractivity contribution is 5.74. The van der Waals surface area contributed by atoms with E-state index in [0.717, 1.165) is 6.42 Å². The molecule has 1 aliphatic heterocycles. The minimum atomic E-state index is -0.940. The van der Waals surface area contributed by atoms with Crippen LogP contribution in [0.2, 0.25) is 0 Å². The van der Waals surface area contributed by atoms with Crippen molar-refractivity contribution in [2.75, 3.05) is 33.4 Å². The number of carboxylic acids is 1. The van der Waals surface area contributed by atoms with Crippen LogP contribution in [0.3, 0.4) is 0 Å². The predicted octanol–water partition coefficient (Wildman–Crippen LogP) is 0.297. The average molecular weight is 274 g/mol. The van der Waals surface area contributed by atoms with Gasteiger partial charge in [-0.25, -0.2) is 4.79 Å². The molecule has 0 aromatic rings. The molecule has 19 heavy (non-hydrogen) atoms. The minimum absolute atomic E-state index is 0.0880. The number of carbonyl (C=O) groups excluding carboxylic acids is 1. The second kappa shape index (κ2) is 7.96. The highest BCUT2D eigenvalue weighted by Crippen LogP contribution is 2.10. The zero-order valence-corrected chi connectivity index (χ0v) is 11.4. The molecule has 0 bridgehead atoms. The number of hydrogen-bond acceptors (Lipinski definition) is 4. The third-order valence-electron chi connectivity index (χ3n) is 3.06. The first-order valence-electron chi connectivity index (χ1n) is 6.46. The summed E-state index contributed by atoms with van der Waals surface area (Å²) in [5.74, 6) is -0.940. The number of nitrogens with one attached hydrogen (secondary N) is 1. The fourth-order valence-corrected chi connectivity index (χ4v) is 1.94. The van der Waals surface area contributed by atoms with Crippen LogP contribution in [-0.4, -0.2) is 67.6 Å². The molecule has 1 rings (SSSR count). The molecule has 110 valence electrons. The standard InChI is InChI=1S/C12H22N2O5/c1-3-19-10(6-11(15)16)7-13-12(17)14(2)9-4-5-18-8-9/h9-10H,3-8H2,1-2H3,(H,13,17)(H,15,16). The van der Waals surface area contributed by atoms with Gasteiger partial charge in [0, 0.05) is 26.8 Å². The lowest BCUT2D eigenvalue weighted by Crippen LogP contribution is -2.46. The zero-order valence-electron chi connectivity index (χ0n) is 11.4. The molecule has 1 heterocycles. The Bertz CT molecular complexity index is 304. The largest absolute Gasteiger partial charge is 0.481 e. The van der Waals surface area contributed by atoms with Crippen molar-refractivity contribution in [1.29, 1.82) is 0 Å². The molecule has 0 spiro atoms. The maximum atomic E-state index is 11.9. The van der Waals surface area contributed by atoms with E-state index in [9.17, 15) is 9.59 Å². The molecule has 0 saturated carbocycles. The summed E-state index contributed by atoms with van der Waals surface area (Å²) in [6.07, 6.45) is 0.206. The van der Waals surface area contributed by atoms with Gasteiger partial charge in [0.15, 0.2) is 0 Å². The van der Waals surface area contributed by atoms with Crippen LogP contribution in [0.15, 0.2) is 0 Å². The summed E-state index contributed by atoms with van der Waals surface area (Å²) in [4.78, 5) is 24.1. The molecule has 1 saturated heterocycles. The number of aliphatic carboxylic acids is 1. The Morgan fingerprint density at radius 1 is 1.58 bits per heavy atom.